The number of hydrogen-bond acceptors (Lipinski definition) is 5. The van der Waals surface area contributed by atoms with Gasteiger partial charge in [0, 0.05) is 18.9 Å². The first kappa shape index (κ1) is 16.4. The van der Waals surface area contributed by atoms with Crippen LogP contribution in [0, 0.1) is 0 Å². The number of nitrogens with one attached hydrogen (secondary N) is 1. The smallest absolute Gasteiger partial charge is 0.256 e. The van der Waals surface area contributed by atoms with Gasteiger partial charge in [0.05, 0.1) is 18.3 Å². The van der Waals surface area contributed by atoms with Crippen molar-refractivity contribution >= 4 is 23.2 Å². The minimum absolute atomic E-state index is 0.0694. The van der Waals surface area contributed by atoms with Gasteiger partial charge in [0.15, 0.2) is 0 Å². The molecule has 1 atom stereocenters. The molecule has 2 aromatic rings. The predicted octanol–water partition coefficient (Wildman–Crippen LogP) is 2.41. The van der Waals surface area contributed by atoms with E-state index in [4.69, 9.17) is 4.74 Å². The molecular weight excluding hydrogens is 344 g/mol. The Balaban J connectivity index is 1.32. The molecule has 0 bridgehead atoms. The molecule has 1 unspecified atom stereocenters. The van der Waals surface area contributed by atoms with Gasteiger partial charge in [0.1, 0.15) is 17.4 Å². The fourth-order valence-corrected chi connectivity index (χ4v) is 4.28. The van der Waals surface area contributed by atoms with Crippen molar-refractivity contribution in [3.8, 4) is 5.75 Å². The van der Waals surface area contributed by atoms with E-state index in [1.54, 1.807) is 17.9 Å². The highest BCUT2D eigenvalue weighted by Crippen LogP contribution is 2.45. The van der Waals surface area contributed by atoms with Gasteiger partial charge < -0.3 is 10.1 Å². The third-order valence-corrected chi connectivity index (χ3v) is 5.94. The zero-order valence-corrected chi connectivity index (χ0v) is 15.3. The van der Waals surface area contributed by atoms with Crippen molar-refractivity contribution in [2.45, 2.75) is 50.2 Å². The molecule has 1 aliphatic carbocycles. The van der Waals surface area contributed by atoms with Crippen LogP contribution in [0.1, 0.15) is 37.7 Å². The van der Waals surface area contributed by atoms with Crippen LogP contribution in [0.2, 0.25) is 0 Å². The van der Waals surface area contributed by atoms with Gasteiger partial charge in [-0.1, -0.05) is 0 Å². The van der Waals surface area contributed by atoms with Crippen LogP contribution in [0.15, 0.2) is 30.6 Å². The molecule has 2 aliphatic heterocycles. The van der Waals surface area contributed by atoms with Gasteiger partial charge in [0.2, 0.25) is 5.91 Å². The number of fused-ring (bicyclic) bond motifs is 1. The van der Waals surface area contributed by atoms with Crippen LogP contribution in [-0.4, -0.2) is 33.2 Å². The third kappa shape index (κ3) is 2.69. The highest BCUT2D eigenvalue weighted by atomic mass is 16.5. The number of aromatic nitrogens is 2. The molecule has 7 heteroatoms. The van der Waals surface area contributed by atoms with E-state index < -0.39 is 6.04 Å². The van der Waals surface area contributed by atoms with Crippen molar-refractivity contribution in [2.75, 3.05) is 10.2 Å². The Morgan fingerprint density at radius 3 is 2.81 bits per heavy atom. The van der Waals surface area contributed by atoms with E-state index in [1.165, 1.54) is 23.1 Å². The molecule has 1 N–H and O–H groups in total. The van der Waals surface area contributed by atoms with Crippen LogP contribution in [-0.2, 0) is 23.1 Å². The van der Waals surface area contributed by atoms with Gasteiger partial charge in [-0.15, -0.1) is 0 Å². The summed E-state index contributed by atoms with van der Waals surface area (Å²) in [5, 5.41) is 7.28. The Labute approximate surface area is 157 Å². The Morgan fingerprint density at radius 2 is 2.11 bits per heavy atom. The van der Waals surface area contributed by atoms with E-state index in [9.17, 15) is 9.59 Å². The second kappa shape index (κ2) is 5.84. The lowest BCUT2D eigenvalue weighted by Gasteiger charge is -2.45. The average Bonchev–Trinajstić information content (AvgIpc) is 3.16. The van der Waals surface area contributed by atoms with Crippen molar-refractivity contribution in [1.29, 1.82) is 0 Å². The van der Waals surface area contributed by atoms with E-state index in [2.05, 4.69) is 10.4 Å². The number of imide groups is 1. The minimum Gasteiger partial charge on any atom is -0.487 e. The van der Waals surface area contributed by atoms with Gasteiger partial charge in [-0.3, -0.25) is 14.3 Å². The predicted molar refractivity (Wildman–Crippen MR) is 99.7 cm³/mol. The summed E-state index contributed by atoms with van der Waals surface area (Å²) in [5.74, 6) is 0.506. The first-order chi connectivity index (χ1) is 13.0. The number of carbonyl (C=O) groups is 2. The van der Waals surface area contributed by atoms with Crippen molar-refractivity contribution in [1.82, 2.24) is 9.78 Å². The maximum Gasteiger partial charge on any atom is 0.256 e. The summed E-state index contributed by atoms with van der Waals surface area (Å²) >= 11 is 0. The van der Waals surface area contributed by atoms with E-state index in [0.29, 0.717) is 5.69 Å². The molecule has 140 valence electrons. The van der Waals surface area contributed by atoms with Crippen LogP contribution >= 0.6 is 0 Å². The largest absolute Gasteiger partial charge is 0.487 e. The van der Waals surface area contributed by atoms with Gasteiger partial charge in [-0.05, 0) is 55.9 Å². The van der Waals surface area contributed by atoms with E-state index >= 15 is 0 Å². The number of benzene rings is 1. The Kier molecular flexibility index (Phi) is 3.54. The summed E-state index contributed by atoms with van der Waals surface area (Å²) in [6.07, 6.45) is 8.94. The molecule has 2 amide bonds. The molecule has 3 heterocycles. The number of rotatable bonds is 3. The lowest BCUT2D eigenvalue weighted by Crippen LogP contribution is -2.45. The van der Waals surface area contributed by atoms with Crippen LogP contribution < -0.4 is 15.0 Å². The third-order valence-electron chi connectivity index (χ3n) is 5.94. The van der Waals surface area contributed by atoms with Gasteiger partial charge in [-0.25, -0.2) is 4.90 Å². The van der Waals surface area contributed by atoms with Crippen molar-refractivity contribution in [3.05, 3.63) is 36.2 Å². The molecule has 1 saturated carbocycles. The van der Waals surface area contributed by atoms with E-state index in [1.807, 2.05) is 18.2 Å². The van der Waals surface area contributed by atoms with Crippen LogP contribution in [0.3, 0.4) is 0 Å². The quantitative estimate of drug-likeness (QED) is 0.844. The first-order valence-corrected chi connectivity index (χ1v) is 9.47. The lowest BCUT2D eigenvalue weighted by atomic mass is 9.74. The molecule has 1 aromatic carbocycles. The van der Waals surface area contributed by atoms with Gasteiger partial charge in [0.25, 0.3) is 5.91 Å². The summed E-state index contributed by atoms with van der Waals surface area (Å²) in [5.41, 5.74) is 2.60. The highest BCUT2D eigenvalue weighted by Gasteiger charge is 2.42. The zero-order valence-electron chi connectivity index (χ0n) is 15.3. The molecule has 3 aliphatic rings. The highest BCUT2D eigenvalue weighted by molar-refractivity contribution is 6.23. The van der Waals surface area contributed by atoms with E-state index in [0.717, 1.165) is 37.1 Å². The van der Waals surface area contributed by atoms with Crippen molar-refractivity contribution in [2.24, 2.45) is 7.05 Å². The second-order valence-electron chi connectivity index (χ2n) is 7.80. The first-order valence-electron chi connectivity index (χ1n) is 9.47. The maximum atomic E-state index is 12.7. The average molecular weight is 366 g/mol. The van der Waals surface area contributed by atoms with Gasteiger partial charge in [-0.2, -0.15) is 5.10 Å². The lowest BCUT2D eigenvalue weighted by molar-refractivity contribution is -0.121. The van der Waals surface area contributed by atoms with Crippen LogP contribution in [0.4, 0.5) is 11.4 Å². The fraction of sp³-hybridized carbons (Fsp3) is 0.450. The number of nitrogens with zero attached hydrogens (tertiary/aromatic N) is 3. The molecular formula is C20H22N4O3. The zero-order chi connectivity index (χ0) is 18.6. The monoisotopic (exact) mass is 366 g/mol. The molecule has 2 fully saturated rings. The van der Waals surface area contributed by atoms with Crippen molar-refractivity contribution < 1.29 is 14.3 Å². The standard InChI is InChI=1S/C20H22N4O3/c1-23-12-15(11-21-23)24-18(25)10-16(19(24)26)22-14-3-4-17-13(9-14)5-8-20(27-17)6-2-7-20/h3-4,9,11-12,16,22H,2,5-8,10H2,1H3. The van der Waals surface area contributed by atoms with Crippen molar-refractivity contribution in [3.63, 3.8) is 0 Å². The molecule has 1 aromatic heterocycles. The Bertz CT molecular complexity index is 931. The second-order valence-corrected chi connectivity index (χ2v) is 7.80. The summed E-state index contributed by atoms with van der Waals surface area (Å²) in [7, 11) is 1.76. The SMILES string of the molecule is Cn1cc(N2C(=O)CC(Nc3ccc4c(c3)CCC3(CCC3)O4)C2=O)cn1. The summed E-state index contributed by atoms with van der Waals surface area (Å²) in [6.45, 7) is 0. The van der Waals surface area contributed by atoms with E-state index in [-0.39, 0.29) is 23.8 Å². The normalized spacial score (nSPS) is 23.1. The Morgan fingerprint density at radius 1 is 1.26 bits per heavy atom. The van der Waals surface area contributed by atoms with Gasteiger partial charge >= 0.3 is 0 Å². The fourth-order valence-electron chi connectivity index (χ4n) is 4.28. The molecule has 0 radical (unpaired) electrons. The maximum absolute atomic E-state index is 12.7. The number of hydrogen-bond donors (Lipinski definition) is 1. The number of amides is 2. The van der Waals surface area contributed by atoms with Crippen LogP contribution in [0.5, 0.6) is 5.75 Å². The molecule has 1 saturated heterocycles. The number of ether oxygens (including phenoxy) is 1. The number of anilines is 2. The Hall–Kier alpha value is -2.83. The molecule has 1 spiro atoms. The topological polar surface area (TPSA) is 76.5 Å². The summed E-state index contributed by atoms with van der Waals surface area (Å²) in [6, 6.07) is 5.40. The number of aryl methyl sites for hydroxylation is 2. The molecule has 27 heavy (non-hydrogen) atoms. The minimum atomic E-state index is -0.557. The van der Waals surface area contributed by atoms with Crippen LogP contribution in [0.25, 0.3) is 0 Å². The summed E-state index contributed by atoms with van der Waals surface area (Å²) in [4.78, 5) is 26.3. The number of carbonyl (C=O) groups excluding carboxylic acids is 2. The summed E-state index contributed by atoms with van der Waals surface area (Å²) < 4.78 is 7.81. The molecule has 5 rings (SSSR count). The molecule has 7 nitrogen and oxygen atoms in total.